The smallest absolute Gasteiger partial charge is 0.225 e. The first kappa shape index (κ1) is 17.0. The second kappa shape index (κ2) is 6.79. The number of H-pyrrole nitrogens is 2. The Labute approximate surface area is 166 Å². The standard InChI is InChI=1S/C19H19ClN8/c1-10(12-4-5-14-16(6-12)23-9-22-14)24-19-21-8-13(20)18(26-19)25-17-7-15(27-28-17)11-2-3-11/h4-11H,2-3H2,1H3,(H,22,23)(H3,21,24,25,26,27,28)/t10-/m0/s1. The third kappa shape index (κ3) is 3.38. The zero-order chi connectivity index (χ0) is 19.1. The number of aromatic nitrogens is 6. The van der Waals surface area contributed by atoms with Crippen molar-refractivity contribution in [3.05, 3.63) is 53.1 Å². The van der Waals surface area contributed by atoms with Gasteiger partial charge in [0.2, 0.25) is 5.95 Å². The van der Waals surface area contributed by atoms with Gasteiger partial charge in [0.05, 0.1) is 29.6 Å². The van der Waals surface area contributed by atoms with Crippen molar-refractivity contribution in [2.45, 2.75) is 31.7 Å². The molecule has 1 aliphatic rings. The van der Waals surface area contributed by atoms with Crippen molar-refractivity contribution >= 4 is 40.2 Å². The summed E-state index contributed by atoms with van der Waals surface area (Å²) < 4.78 is 0. The molecule has 1 atom stereocenters. The van der Waals surface area contributed by atoms with Crippen LogP contribution in [0.4, 0.5) is 17.6 Å². The summed E-state index contributed by atoms with van der Waals surface area (Å²) in [4.78, 5) is 16.2. The molecule has 28 heavy (non-hydrogen) atoms. The molecule has 0 spiro atoms. The number of hydrogen-bond acceptors (Lipinski definition) is 6. The Balaban J connectivity index is 1.33. The van der Waals surface area contributed by atoms with E-state index in [1.165, 1.54) is 12.8 Å². The zero-order valence-electron chi connectivity index (χ0n) is 15.2. The average molecular weight is 395 g/mol. The number of halogens is 1. The summed E-state index contributed by atoms with van der Waals surface area (Å²) in [6.45, 7) is 2.05. The van der Waals surface area contributed by atoms with Crippen LogP contribution in [-0.2, 0) is 0 Å². The molecule has 0 radical (unpaired) electrons. The Hall–Kier alpha value is -3.13. The van der Waals surface area contributed by atoms with Crippen LogP contribution >= 0.6 is 11.6 Å². The Kier molecular flexibility index (Phi) is 4.12. The molecule has 5 rings (SSSR count). The Morgan fingerprint density at radius 3 is 2.96 bits per heavy atom. The number of nitrogens with one attached hydrogen (secondary N) is 4. The van der Waals surface area contributed by atoms with Gasteiger partial charge < -0.3 is 15.6 Å². The predicted molar refractivity (Wildman–Crippen MR) is 109 cm³/mol. The maximum Gasteiger partial charge on any atom is 0.225 e. The first-order valence-corrected chi connectivity index (χ1v) is 9.58. The summed E-state index contributed by atoms with van der Waals surface area (Å²) >= 11 is 6.27. The predicted octanol–water partition coefficient (Wildman–Crippen LogP) is 4.52. The topological polar surface area (TPSA) is 107 Å². The second-order valence-corrected chi connectivity index (χ2v) is 7.45. The van der Waals surface area contributed by atoms with Crippen LogP contribution in [0.25, 0.3) is 11.0 Å². The Bertz CT molecular complexity index is 1130. The second-order valence-electron chi connectivity index (χ2n) is 7.04. The van der Waals surface area contributed by atoms with E-state index in [-0.39, 0.29) is 6.04 Å². The van der Waals surface area contributed by atoms with Gasteiger partial charge >= 0.3 is 0 Å². The van der Waals surface area contributed by atoms with Crippen molar-refractivity contribution in [3.8, 4) is 0 Å². The summed E-state index contributed by atoms with van der Waals surface area (Å²) in [5, 5.41) is 14.3. The molecule has 1 fully saturated rings. The molecule has 9 heteroatoms. The molecule has 3 heterocycles. The molecule has 0 amide bonds. The van der Waals surface area contributed by atoms with Gasteiger partial charge in [-0.25, -0.2) is 9.97 Å². The molecule has 8 nitrogen and oxygen atoms in total. The normalized spacial score (nSPS) is 14.9. The minimum atomic E-state index is 0.00794. The fourth-order valence-corrected chi connectivity index (χ4v) is 3.29. The number of benzene rings is 1. The Morgan fingerprint density at radius 2 is 2.11 bits per heavy atom. The number of fused-ring (bicyclic) bond motifs is 1. The summed E-state index contributed by atoms with van der Waals surface area (Å²) in [6.07, 6.45) is 5.70. The molecular weight excluding hydrogens is 376 g/mol. The monoisotopic (exact) mass is 394 g/mol. The van der Waals surface area contributed by atoms with E-state index in [0.29, 0.717) is 28.5 Å². The average Bonchev–Trinajstić information content (AvgIpc) is 3.25. The lowest BCUT2D eigenvalue weighted by atomic mass is 10.1. The van der Waals surface area contributed by atoms with Crippen LogP contribution < -0.4 is 10.6 Å². The van der Waals surface area contributed by atoms with E-state index in [1.807, 2.05) is 18.2 Å². The summed E-state index contributed by atoms with van der Waals surface area (Å²) in [7, 11) is 0. The van der Waals surface area contributed by atoms with Gasteiger partial charge in [-0.2, -0.15) is 10.1 Å². The van der Waals surface area contributed by atoms with Crippen molar-refractivity contribution in [3.63, 3.8) is 0 Å². The molecule has 4 N–H and O–H groups in total. The van der Waals surface area contributed by atoms with Crippen LogP contribution in [0.15, 0.2) is 36.8 Å². The number of anilines is 3. The molecule has 4 aromatic rings. The van der Waals surface area contributed by atoms with Crippen molar-refractivity contribution in [2.24, 2.45) is 0 Å². The highest BCUT2D eigenvalue weighted by atomic mass is 35.5. The van der Waals surface area contributed by atoms with Gasteiger partial charge in [-0.1, -0.05) is 17.7 Å². The first-order chi connectivity index (χ1) is 13.7. The fourth-order valence-electron chi connectivity index (χ4n) is 3.15. The third-order valence-corrected chi connectivity index (χ3v) is 5.17. The van der Waals surface area contributed by atoms with Gasteiger partial charge in [0.1, 0.15) is 5.02 Å². The largest absolute Gasteiger partial charge is 0.348 e. The van der Waals surface area contributed by atoms with Crippen molar-refractivity contribution < 1.29 is 0 Å². The molecular formula is C19H19ClN8. The zero-order valence-corrected chi connectivity index (χ0v) is 16.0. The van der Waals surface area contributed by atoms with E-state index >= 15 is 0 Å². The maximum atomic E-state index is 6.27. The molecule has 0 unspecified atom stereocenters. The van der Waals surface area contributed by atoms with Crippen LogP contribution in [-0.4, -0.2) is 30.1 Å². The molecule has 0 saturated heterocycles. The maximum absolute atomic E-state index is 6.27. The fraction of sp³-hybridized carbons (Fsp3) is 0.263. The van der Waals surface area contributed by atoms with E-state index in [0.717, 1.165) is 22.3 Å². The van der Waals surface area contributed by atoms with Crippen LogP contribution in [0.2, 0.25) is 5.02 Å². The highest BCUT2D eigenvalue weighted by Crippen LogP contribution is 2.39. The highest BCUT2D eigenvalue weighted by molar-refractivity contribution is 6.32. The number of imidazole rings is 1. The van der Waals surface area contributed by atoms with Gasteiger partial charge in [0.25, 0.3) is 0 Å². The van der Waals surface area contributed by atoms with Crippen LogP contribution in [0.5, 0.6) is 0 Å². The van der Waals surface area contributed by atoms with E-state index in [4.69, 9.17) is 11.6 Å². The molecule has 0 bridgehead atoms. The lowest BCUT2D eigenvalue weighted by Gasteiger charge is -2.15. The van der Waals surface area contributed by atoms with Crippen molar-refractivity contribution in [2.75, 3.05) is 10.6 Å². The number of aromatic amines is 2. The highest BCUT2D eigenvalue weighted by Gasteiger charge is 2.25. The van der Waals surface area contributed by atoms with E-state index in [1.54, 1.807) is 12.5 Å². The van der Waals surface area contributed by atoms with Crippen molar-refractivity contribution in [1.29, 1.82) is 0 Å². The quantitative estimate of drug-likeness (QED) is 0.383. The lowest BCUT2D eigenvalue weighted by Crippen LogP contribution is -2.10. The van der Waals surface area contributed by atoms with Gasteiger partial charge in [-0.3, -0.25) is 5.10 Å². The SMILES string of the molecule is C[C@H](Nc1ncc(Cl)c(Nc2cc(C3CC3)[nH]n2)n1)c1ccc2nc[nH]c2c1. The van der Waals surface area contributed by atoms with Crippen LogP contribution in [0.3, 0.4) is 0 Å². The minimum absolute atomic E-state index is 0.00794. The summed E-state index contributed by atoms with van der Waals surface area (Å²) in [5.74, 6) is 2.31. The number of nitrogens with zero attached hydrogens (tertiary/aromatic N) is 4. The van der Waals surface area contributed by atoms with Gasteiger partial charge in [0, 0.05) is 17.7 Å². The van der Waals surface area contributed by atoms with Gasteiger partial charge in [0.15, 0.2) is 11.6 Å². The van der Waals surface area contributed by atoms with E-state index in [2.05, 4.69) is 53.8 Å². The molecule has 1 saturated carbocycles. The van der Waals surface area contributed by atoms with Gasteiger partial charge in [-0.05, 0) is 37.5 Å². The Morgan fingerprint density at radius 1 is 1.21 bits per heavy atom. The molecule has 3 aromatic heterocycles. The van der Waals surface area contributed by atoms with E-state index in [9.17, 15) is 0 Å². The summed E-state index contributed by atoms with van der Waals surface area (Å²) in [5.41, 5.74) is 4.19. The van der Waals surface area contributed by atoms with E-state index < -0.39 is 0 Å². The van der Waals surface area contributed by atoms with Crippen LogP contribution in [0.1, 0.15) is 43.0 Å². The minimum Gasteiger partial charge on any atom is -0.348 e. The molecule has 0 aliphatic heterocycles. The summed E-state index contributed by atoms with van der Waals surface area (Å²) in [6, 6.07) is 8.11. The molecule has 1 aromatic carbocycles. The van der Waals surface area contributed by atoms with Crippen molar-refractivity contribution in [1.82, 2.24) is 30.1 Å². The number of rotatable bonds is 6. The van der Waals surface area contributed by atoms with Gasteiger partial charge in [-0.15, -0.1) is 0 Å². The molecule has 1 aliphatic carbocycles. The molecule has 142 valence electrons. The third-order valence-electron chi connectivity index (χ3n) is 4.90. The first-order valence-electron chi connectivity index (χ1n) is 9.20. The van der Waals surface area contributed by atoms with Crippen LogP contribution in [0, 0.1) is 0 Å². The number of hydrogen-bond donors (Lipinski definition) is 4. The lowest BCUT2D eigenvalue weighted by molar-refractivity contribution is 0.862.